The molecule has 0 aromatic heterocycles. The standard InChI is InChI=1S/C28H37N3O7SSi/c1-4-40(5-2,6-3)38-27(17-18-29-39(36,37)24-14-10-9-13-23(24)31(34)35)21-11-7-8-12-22(21)30-26(32)19-20-15-16-25(27)28(20,30)33/h7-14,20,25,29,33H,4-6,15-19H2,1-3H3/t20-,25+,27+,28-/m0/s1. The van der Waals surface area contributed by atoms with Crippen molar-refractivity contribution in [1.29, 1.82) is 0 Å². The number of nitro benzene ring substituents is 1. The highest BCUT2D eigenvalue weighted by Crippen LogP contribution is 2.64. The summed E-state index contributed by atoms with van der Waals surface area (Å²) in [4.78, 5) is 25.2. The second kappa shape index (κ2) is 10.3. The Morgan fingerprint density at radius 1 is 1.10 bits per heavy atom. The van der Waals surface area contributed by atoms with Gasteiger partial charge >= 0.3 is 0 Å². The van der Waals surface area contributed by atoms with Gasteiger partial charge in [-0.1, -0.05) is 51.1 Å². The van der Waals surface area contributed by atoms with Gasteiger partial charge in [0.25, 0.3) is 5.69 Å². The molecule has 1 amide bonds. The number of anilines is 1. The van der Waals surface area contributed by atoms with Crippen molar-refractivity contribution in [3.63, 3.8) is 0 Å². The van der Waals surface area contributed by atoms with Gasteiger partial charge in [-0.15, -0.1) is 0 Å². The first-order valence-corrected chi connectivity index (χ1v) is 18.1. The topological polar surface area (TPSA) is 139 Å². The lowest BCUT2D eigenvalue weighted by molar-refractivity contribution is -0.387. The van der Waals surface area contributed by atoms with E-state index in [4.69, 9.17) is 4.43 Å². The number of carbonyl (C=O) groups excluding carboxylic acids is 1. The molecule has 0 unspecified atom stereocenters. The summed E-state index contributed by atoms with van der Waals surface area (Å²) in [6.07, 6.45) is 1.78. The Hall–Kier alpha value is -2.64. The minimum atomic E-state index is -4.22. The number of nitro groups is 1. The van der Waals surface area contributed by atoms with Crippen molar-refractivity contribution in [1.82, 2.24) is 4.72 Å². The quantitative estimate of drug-likeness (QED) is 0.222. The van der Waals surface area contributed by atoms with E-state index < -0.39 is 51.1 Å². The summed E-state index contributed by atoms with van der Waals surface area (Å²) in [6, 6.07) is 15.3. The average Bonchev–Trinajstić information content (AvgIpc) is 3.41. The minimum Gasteiger partial charge on any atom is -0.407 e. The van der Waals surface area contributed by atoms with Crippen molar-refractivity contribution in [2.24, 2.45) is 11.8 Å². The molecule has 5 rings (SSSR count). The van der Waals surface area contributed by atoms with Gasteiger partial charge in [0.05, 0.1) is 16.2 Å². The zero-order valence-electron chi connectivity index (χ0n) is 23.1. The van der Waals surface area contributed by atoms with Crippen LogP contribution in [0, 0.1) is 22.0 Å². The smallest absolute Gasteiger partial charge is 0.289 e. The molecule has 4 atom stereocenters. The van der Waals surface area contributed by atoms with Crippen molar-refractivity contribution in [2.75, 3.05) is 11.4 Å². The van der Waals surface area contributed by atoms with E-state index in [9.17, 15) is 28.4 Å². The van der Waals surface area contributed by atoms with E-state index in [-0.39, 0.29) is 31.2 Å². The predicted octanol–water partition coefficient (Wildman–Crippen LogP) is 4.65. The van der Waals surface area contributed by atoms with Crippen LogP contribution in [-0.2, 0) is 24.8 Å². The van der Waals surface area contributed by atoms with E-state index >= 15 is 0 Å². The molecule has 2 aromatic carbocycles. The number of nitrogens with zero attached hydrogens (tertiary/aromatic N) is 2. The summed E-state index contributed by atoms with van der Waals surface area (Å²) >= 11 is 0. The molecule has 2 fully saturated rings. The molecule has 1 saturated heterocycles. The summed E-state index contributed by atoms with van der Waals surface area (Å²) < 4.78 is 36.6. The lowest BCUT2D eigenvalue weighted by Crippen LogP contribution is -2.65. The lowest BCUT2D eigenvalue weighted by Gasteiger charge is -2.56. The van der Waals surface area contributed by atoms with Crippen LogP contribution < -0.4 is 9.62 Å². The predicted molar refractivity (Wildman–Crippen MR) is 153 cm³/mol. The fourth-order valence-electron chi connectivity index (χ4n) is 7.41. The highest BCUT2D eigenvalue weighted by atomic mass is 32.2. The number of sulfonamides is 1. The summed E-state index contributed by atoms with van der Waals surface area (Å²) in [6.45, 7) is 6.30. The second-order valence-electron chi connectivity index (χ2n) is 11.2. The summed E-state index contributed by atoms with van der Waals surface area (Å²) in [7, 11) is -6.56. The van der Waals surface area contributed by atoms with E-state index in [2.05, 4.69) is 25.5 Å². The number of aliphatic hydroxyl groups is 1. The molecule has 40 heavy (non-hydrogen) atoms. The van der Waals surface area contributed by atoms with Gasteiger partial charge in [0.2, 0.25) is 15.9 Å². The van der Waals surface area contributed by atoms with Gasteiger partial charge in [-0.3, -0.25) is 19.8 Å². The van der Waals surface area contributed by atoms with Crippen molar-refractivity contribution in [2.45, 2.75) is 80.8 Å². The summed E-state index contributed by atoms with van der Waals surface area (Å²) in [5.74, 6) is -0.787. The van der Waals surface area contributed by atoms with Gasteiger partial charge in [-0.25, -0.2) is 13.1 Å². The van der Waals surface area contributed by atoms with Gasteiger partial charge in [0, 0.05) is 36.4 Å². The number of hydrogen-bond donors (Lipinski definition) is 2. The molecule has 2 heterocycles. The molecule has 2 aromatic rings. The van der Waals surface area contributed by atoms with Crippen LogP contribution >= 0.6 is 0 Å². The molecule has 1 aliphatic carbocycles. The van der Waals surface area contributed by atoms with Crippen LogP contribution in [0.1, 0.15) is 52.0 Å². The third-order valence-electron chi connectivity index (χ3n) is 9.58. The van der Waals surface area contributed by atoms with E-state index in [0.29, 0.717) is 18.5 Å². The SMILES string of the molecule is CC[Si](CC)(CC)O[C@]1(CCNS(=O)(=O)c2ccccc2[N+](=O)[O-])c2ccccc2N2C(=O)C[C@@H]3CC[C@H]1[C@@]32O. The molecular weight excluding hydrogens is 550 g/mol. The molecule has 0 bridgehead atoms. The van der Waals surface area contributed by atoms with Gasteiger partial charge < -0.3 is 9.53 Å². The van der Waals surface area contributed by atoms with Gasteiger partial charge in [-0.2, -0.15) is 0 Å². The molecule has 2 aliphatic heterocycles. The first-order chi connectivity index (χ1) is 19.0. The minimum absolute atomic E-state index is 0.0600. The highest BCUT2D eigenvalue weighted by Gasteiger charge is 2.70. The third-order valence-corrected chi connectivity index (χ3v) is 15.8. The second-order valence-corrected chi connectivity index (χ2v) is 17.6. The number of carbonyl (C=O) groups is 1. The number of benzene rings is 2. The molecule has 0 radical (unpaired) electrons. The largest absolute Gasteiger partial charge is 0.407 e. The average molecular weight is 588 g/mol. The molecule has 2 N–H and O–H groups in total. The summed E-state index contributed by atoms with van der Waals surface area (Å²) in [5, 5.41) is 23.9. The van der Waals surface area contributed by atoms with Gasteiger partial charge in [-0.05, 0) is 49.5 Å². The Morgan fingerprint density at radius 2 is 1.75 bits per heavy atom. The number of para-hydroxylation sites is 2. The monoisotopic (exact) mass is 587 g/mol. The Kier molecular flexibility index (Phi) is 7.45. The first kappa shape index (κ1) is 28.9. The number of amides is 1. The maximum Gasteiger partial charge on any atom is 0.289 e. The summed E-state index contributed by atoms with van der Waals surface area (Å²) in [5.41, 5.74) is -1.55. The van der Waals surface area contributed by atoms with E-state index in [1.54, 1.807) is 4.90 Å². The van der Waals surface area contributed by atoms with Crippen LogP contribution in [0.25, 0.3) is 0 Å². The fraction of sp³-hybridized carbons (Fsp3) is 0.536. The number of hydrogen-bond acceptors (Lipinski definition) is 7. The number of rotatable bonds is 11. The molecule has 10 nitrogen and oxygen atoms in total. The first-order valence-electron chi connectivity index (χ1n) is 14.1. The van der Waals surface area contributed by atoms with Crippen molar-refractivity contribution in [3.05, 3.63) is 64.2 Å². The molecule has 1 saturated carbocycles. The Balaban J connectivity index is 1.60. The van der Waals surface area contributed by atoms with Crippen molar-refractivity contribution >= 4 is 35.6 Å². The van der Waals surface area contributed by atoms with Crippen LogP contribution in [0.5, 0.6) is 0 Å². The number of fused-ring (bicyclic) bond motifs is 2. The fourth-order valence-corrected chi connectivity index (χ4v) is 11.7. The van der Waals surface area contributed by atoms with Gasteiger partial charge in [0.15, 0.2) is 18.9 Å². The Morgan fingerprint density at radius 3 is 2.42 bits per heavy atom. The van der Waals surface area contributed by atoms with E-state index in [0.717, 1.165) is 23.7 Å². The zero-order valence-corrected chi connectivity index (χ0v) is 24.9. The van der Waals surface area contributed by atoms with Crippen LogP contribution in [0.4, 0.5) is 11.4 Å². The normalized spacial score (nSPS) is 27.5. The molecule has 3 aliphatic rings. The Bertz CT molecular complexity index is 1420. The third kappa shape index (κ3) is 4.23. The maximum atomic E-state index is 13.3. The number of nitrogens with one attached hydrogen (secondary N) is 1. The lowest BCUT2D eigenvalue weighted by atomic mass is 9.70. The maximum absolute atomic E-state index is 13.3. The highest BCUT2D eigenvalue weighted by molar-refractivity contribution is 7.89. The van der Waals surface area contributed by atoms with Crippen LogP contribution in [-0.4, -0.2) is 44.9 Å². The molecule has 216 valence electrons. The van der Waals surface area contributed by atoms with Crippen molar-refractivity contribution < 1.29 is 27.7 Å². The molecule has 0 spiro atoms. The van der Waals surface area contributed by atoms with Crippen LogP contribution in [0.3, 0.4) is 0 Å². The zero-order chi connectivity index (χ0) is 28.9. The molecule has 12 heteroatoms. The van der Waals surface area contributed by atoms with E-state index in [1.165, 1.54) is 24.3 Å². The van der Waals surface area contributed by atoms with Crippen LogP contribution in [0.15, 0.2) is 53.4 Å². The van der Waals surface area contributed by atoms with Gasteiger partial charge in [0.1, 0.15) is 0 Å². The van der Waals surface area contributed by atoms with E-state index in [1.807, 2.05) is 24.3 Å². The Labute approximate surface area is 236 Å². The van der Waals surface area contributed by atoms with Crippen molar-refractivity contribution in [3.8, 4) is 0 Å². The molecular formula is C28H37N3O7SSi. The van der Waals surface area contributed by atoms with Crippen LogP contribution in [0.2, 0.25) is 18.1 Å².